The van der Waals surface area contributed by atoms with Gasteiger partial charge in [-0.1, -0.05) is 0 Å². The number of nitrogens with two attached hydrogens (primary N) is 2. The summed E-state index contributed by atoms with van der Waals surface area (Å²) in [5.41, 5.74) is 12.7. The van der Waals surface area contributed by atoms with Gasteiger partial charge in [-0.3, -0.25) is 0 Å². The van der Waals surface area contributed by atoms with Gasteiger partial charge in [-0.15, -0.1) is 24.8 Å². The Morgan fingerprint density at radius 1 is 0.565 bits per heavy atom. The predicted octanol–water partition coefficient (Wildman–Crippen LogP) is 4.32. The van der Waals surface area contributed by atoms with Crippen molar-refractivity contribution in [2.75, 3.05) is 24.7 Å². The highest BCUT2D eigenvalue weighted by Gasteiger charge is 1.96. The number of hydrogen-bond acceptors (Lipinski definition) is 4. The van der Waals surface area contributed by atoms with Crippen LogP contribution in [0.2, 0.25) is 0 Å². The summed E-state index contributed by atoms with van der Waals surface area (Å²) >= 11 is 0. The zero-order chi connectivity index (χ0) is 14.9. The van der Waals surface area contributed by atoms with Gasteiger partial charge < -0.3 is 20.9 Å². The van der Waals surface area contributed by atoms with Gasteiger partial charge >= 0.3 is 0 Å². The van der Waals surface area contributed by atoms with Crippen LogP contribution in [0.15, 0.2) is 48.5 Å². The molecule has 0 aromatic heterocycles. The number of halogens is 2. The molecule has 4 N–H and O–H groups in total. The van der Waals surface area contributed by atoms with Crippen LogP contribution in [0, 0.1) is 0 Å². The highest BCUT2D eigenvalue weighted by molar-refractivity contribution is 5.85. The second kappa shape index (κ2) is 11.7. The summed E-state index contributed by atoms with van der Waals surface area (Å²) in [5, 5.41) is 0. The first kappa shape index (κ1) is 21.2. The molecule has 2 rings (SSSR count). The molecule has 0 saturated carbocycles. The van der Waals surface area contributed by atoms with Gasteiger partial charge in [-0.05, 0) is 67.8 Å². The molecule has 0 heterocycles. The molecule has 0 bridgehead atoms. The lowest BCUT2D eigenvalue weighted by atomic mass is 10.2. The van der Waals surface area contributed by atoms with Crippen LogP contribution in [0.4, 0.5) is 11.4 Å². The minimum atomic E-state index is 0. The van der Waals surface area contributed by atoms with E-state index in [2.05, 4.69) is 0 Å². The average Bonchev–Trinajstić information content (AvgIpc) is 2.50. The molecule has 2 aromatic rings. The molecular formula is C17H24Cl2N2O2. The highest BCUT2D eigenvalue weighted by Crippen LogP contribution is 2.15. The lowest BCUT2D eigenvalue weighted by Crippen LogP contribution is -2.01. The fraction of sp³-hybridized carbons (Fsp3) is 0.294. The van der Waals surface area contributed by atoms with Gasteiger partial charge in [0.1, 0.15) is 11.5 Å². The van der Waals surface area contributed by atoms with Crippen LogP contribution in [0.5, 0.6) is 11.5 Å². The highest BCUT2D eigenvalue weighted by atomic mass is 35.5. The van der Waals surface area contributed by atoms with Crippen molar-refractivity contribution in [2.45, 2.75) is 19.3 Å². The first-order valence-corrected chi connectivity index (χ1v) is 7.21. The average molecular weight is 359 g/mol. The molecule has 0 aliphatic carbocycles. The number of ether oxygens (including phenoxy) is 2. The normalized spacial score (nSPS) is 9.39. The molecule has 23 heavy (non-hydrogen) atoms. The maximum atomic E-state index is 5.63. The molecule has 0 aliphatic rings. The van der Waals surface area contributed by atoms with Crippen LogP contribution >= 0.6 is 24.8 Å². The van der Waals surface area contributed by atoms with Crippen LogP contribution < -0.4 is 20.9 Å². The van der Waals surface area contributed by atoms with Gasteiger partial charge in [0.2, 0.25) is 0 Å². The van der Waals surface area contributed by atoms with E-state index < -0.39 is 0 Å². The third-order valence-electron chi connectivity index (χ3n) is 3.09. The van der Waals surface area contributed by atoms with E-state index in [0.717, 1.165) is 42.1 Å². The zero-order valence-electron chi connectivity index (χ0n) is 12.9. The van der Waals surface area contributed by atoms with Crippen molar-refractivity contribution in [3.8, 4) is 11.5 Å². The van der Waals surface area contributed by atoms with Gasteiger partial charge in [-0.2, -0.15) is 0 Å². The van der Waals surface area contributed by atoms with E-state index in [4.69, 9.17) is 20.9 Å². The van der Waals surface area contributed by atoms with E-state index in [0.29, 0.717) is 13.2 Å². The first-order chi connectivity index (χ1) is 10.2. The van der Waals surface area contributed by atoms with Gasteiger partial charge in [0.05, 0.1) is 13.2 Å². The molecule has 0 radical (unpaired) electrons. The Hall–Kier alpha value is -1.78. The standard InChI is InChI=1S/C17H22N2O2.2ClH/c18-14-4-8-16(9-5-14)20-12-2-1-3-13-21-17-10-6-15(19)7-11-17;;/h4-11H,1-3,12-13,18-19H2;2*1H. The molecule has 0 fully saturated rings. The monoisotopic (exact) mass is 358 g/mol. The van der Waals surface area contributed by atoms with Crippen molar-refractivity contribution in [2.24, 2.45) is 0 Å². The number of anilines is 2. The maximum absolute atomic E-state index is 5.63. The Bertz CT molecular complexity index is 484. The molecule has 6 heteroatoms. The smallest absolute Gasteiger partial charge is 0.119 e. The molecule has 0 amide bonds. The van der Waals surface area contributed by atoms with Gasteiger partial charge in [-0.25, -0.2) is 0 Å². The SMILES string of the molecule is Cl.Cl.Nc1ccc(OCCCCCOc2ccc(N)cc2)cc1. The van der Waals surface area contributed by atoms with Crippen LogP contribution in [-0.2, 0) is 0 Å². The van der Waals surface area contributed by atoms with Crippen molar-refractivity contribution < 1.29 is 9.47 Å². The first-order valence-electron chi connectivity index (χ1n) is 7.21. The topological polar surface area (TPSA) is 70.5 Å². The fourth-order valence-corrected chi connectivity index (χ4v) is 1.89. The summed E-state index contributed by atoms with van der Waals surface area (Å²) in [6.07, 6.45) is 3.09. The molecule has 0 spiro atoms. The third kappa shape index (κ3) is 8.43. The third-order valence-corrected chi connectivity index (χ3v) is 3.09. The van der Waals surface area contributed by atoms with E-state index >= 15 is 0 Å². The van der Waals surface area contributed by atoms with Crippen LogP contribution in [0.3, 0.4) is 0 Å². The van der Waals surface area contributed by atoms with Crippen molar-refractivity contribution in [3.05, 3.63) is 48.5 Å². The zero-order valence-corrected chi connectivity index (χ0v) is 14.6. The lowest BCUT2D eigenvalue weighted by molar-refractivity contribution is 0.279. The molecule has 0 saturated heterocycles. The van der Waals surface area contributed by atoms with E-state index in [1.165, 1.54) is 0 Å². The summed E-state index contributed by atoms with van der Waals surface area (Å²) in [6.45, 7) is 1.43. The quantitative estimate of drug-likeness (QED) is 0.544. The maximum Gasteiger partial charge on any atom is 0.119 e. The van der Waals surface area contributed by atoms with Crippen molar-refractivity contribution in [1.29, 1.82) is 0 Å². The number of unbranched alkanes of at least 4 members (excludes halogenated alkanes) is 2. The Morgan fingerprint density at radius 3 is 1.26 bits per heavy atom. The van der Waals surface area contributed by atoms with Crippen LogP contribution in [-0.4, -0.2) is 13.2 Å². The fourth-order valence-electron chi connectivity index (χ4n) is 1.89. The Morgan fingerprint density at radius 2 is 0.913 bits per heavy atom. The van der Waals surface area contributed by atoms with Crippen molar-refractivity contribution >= 4 is 36.2 Å². The molecule has 0 aliphatic heterocycles. The molecule has 2 aromatic carbocycles. The molecule has 0 unspecified atom stereocenters. The Balaban J connectivity index is 0.00000242. The molecule has 0 atom stereocenters. The van der Waals surface area contributed by atoms with Crippen LogP contribution in [0.1, 0.15) is 19.3 Å². The summed E-state index contributed by atoms with van der Waals surface area (Å²) in [5.74, 6) is 1.73. The van der Waals surface area contributed by atoms with Crippen molar-refractivity contribution in [3.63, 3.8) is 0 Å². The number of benzene rings is 2. The van der Waals surface area contributed by atoms with E-state index in [1.807, 2.05) is 48.5 Å². The van der Waals surface area contributed by atoms with Crippen molar-refractivity contribution in [1.82, 2.24) is 0 Å². The Labute approximate surface area is 150 Å². The van der Waals surface area contributed by atoms with Gasteiger partial charge in [0, 0.05) is 11.4 Å². The summed E-state index contributed by atoms with van der Waals surface area (Å²) < 4.78 is 11.3. The largest absolute Gasteiger partial charge is 0.494 e. The van der Waals surface area contributed by atoms with E-state index in [1.54, 1.807) is 0 Å². The Kier molecular flexibility index (Phi) is 10.8. The molecule has 128 valence electrons. The molecular weight excluding hydrogens is 335 g/mol. The summed E-state index contributed by atoms with van der Waals surface area (Å²) in [6, 6.07) is 14.9. The molecule has 4 nitrogen and oxygen atoms in total. The lowest BCUT2D eigenvalue weighted by Gasteiger charge is -2.08. The minimum absolute atomic E-state index is 0. The minimum Gasteiger partial charge on any atom is -0.494 e. The van der Waals surface area contributed by atoms with E-state index in [-0.39, 0.29) is 24.8 Å². The second-order valence-electron chi connectivity index (χ2n) is 4.90. The van der Waals surface area contributed by atoms with Gasteiger partial charge in [0.15, 0.2) is 0 Å². The predicted molar refractivity (Wildman–Crippen MR) is 101 cm³/mol. The number of rotatable bonds is 8. The van der Waals surface area contributed by atoms with E-state index in [9.17, 15) is 0 Å². The van der Waals surface area contributed by atoms with Gasteiger partial charge in [0.25, 0.3) is 0 Å². The second-order valence-corrected chi connectivity index (χ2v) is 4.90. The summed E-state index contributed by atoms with van der Waals surface area (Å²) in [4.78, 5) is 0. The number of hydrogen-bond donors (Lipinski definition) is 2. The van der Waals surface area contributed by atoms with Crippen LogP contribution in [0.25, 0.3) is 0 Å². The summed E-state index contributed by atoms with van der Waals surface area (Å²) in [7, 11) is 0. The number of nitrogen functional groups attached to an aromatic ring is 2.